The van der Waals surface area contributed by atoms with Gasteiger partial charge in [0.15, 0.2) is 11.5 Å². The van der Waals surface area contributed by atoms with Crippen LogP contribution in [0.25, 0.3) is 0 Å². The molecule has 0 bridgehead atoms. The zero-order chi connectivity index (χ0) is 14.2. The molecular weight excluding hydrogens is 280 g/mol. The molecule has 108 valence electrons. The van der Waals surface area contributed by atoms with E-state index in [2.05, 4.69) is 5.32 Å². The number of halogens is 1. The number of carbonyl (C=O) groups excluding carboxylic acids is 1. The Morgan fingerprint density at radius 1 is 1.20 bits per heavy atom. The van der Waals surface area contributed by atoms with Crippen molar-refractivity contribution in [2.75, 3.05) is 18.5 Å². The quantitative estimate of drug-likeness (QED) is 0.878. The zero-order valence-electron chi connectivity index (χ0n) is 11.1. The number of hydrogen-bond acceptors (Lipinski definition) is 4. The van der Waals surface area contributed by atoms with E-state index in [4.69, 9.17) is 26.8 Å². The number of anilines is 1. The minimum Gasteiger partial charge on any atom is -0.486 e. The third kappa shape index (κ3) is 2.43. The Balaban J connectivity index is 1.82. The molecule has 1 saturated carbocycles. The van der Waals surface area contributed by atoms with Gasteiger partial charge in [-0.3, -0.25) is 4.79 Å². The van der Waals surface area contributed by atoms with Gasteiger partial charge in [-0.15, -0.1) is 0 Å². The number of nitrogens with two attached hydrogens (primary N) is 1. The second-order valence-corrected chi connectivity index (χ2v) is 5.70. The number of rotatable bonds is 2. The van der Waals surface area contributed by atoms with Crippen LogP contribution < -0.4 is 20.5 Å². The Hall–Kier alpha value is -1.46. The minimum atomic E-state index is -0.781. The summed E-state index contributed by atoms with van der Waals surface area (Å²) >= 11 is 6.17. The summed E-state index contributed by atoms with van der Waals surface area (Å²) in [4.78, 5) is 12.3. The maximum absolute atomic E-state index is 12.3. The van der Waals surface area contributed by atoms with Gasteiger partial charge in [0.05, 0.1) is 16.2 Å². The molecule has 1 aromatic carbocycles. The molecule has 0 aromatic heterocycles. The second-order valence-electron chi connectivity index (χ2n) is 5.29. The normalized spacial score (nSPS) is 19.7. The Labute approximate surface area is 122 Å². The monoisotopic (exact) mass is 296 g/mol. The molecule has 5 nitrogen and oxygen atoms in total. The highest BCUT2D eigenvalue weighted by atomic mass is 35.5. The molecule has 3 N–H and O–H groups in total. The van der Waals surface area contributed by atoms with Crippen LogP contribution in [-0.4, -0.2) is 24.7 Å². The number of nitrogens with one attached hydrogen (secondary N) is 1. The number of benzene rings is 1. The van der Waals surface area contributed by atoms with Crippen molar-refractivity contribution < 1.29 is 14.3 Å². The van der Waals surface area contributed by atoms with Crippen LogP contribution in [-0.2, 0) is 4.79 Å². The molecule has 1 amide bonds. The number of ether oxygens (including phenoxy) is 2. The van der Waals surface area contributed by atoms with E-state index in [-0.39, 0.29) is 5.91 Å². The number of carbonyl (C=O) groups is 1. The predicted molar refractivity (Wildman–Crippen MR) is 76.5 cm³/mol. The van der Waals surface area contributed by atoms with Crippen LogP contribution in [0.3, 0.4) is 0 Å². The Morgan fingerprint density at radius 3 is 2.45 bits per heavy atom. The molecule has 0 spiro atoms. The zero-order valence-corrected chi connectivity index (χ0v) is 11.8. The van der Waals surface area contributed by atoms with E-state index in [1.54, 1.807) is 12.1 Å². The molecule has 0 saturated heterocycles. The molecule has 3 rings (SSSR count). The molecule has 6 heteroatoms. The first-order valence-electron chi connectivity index (χ1n) is 6.78. The third-order valence-corrected chi connectivity index (χ3v) is 4.14. The lowest BCUT2D eigenvalue weighted by molar-refractivity contribution is -0.121. The molecule has 0 atom stereocenters. The van der Waals surface area contributed by atoms with Gasteiger partial charge in [0.2, 0.25) is 5.91 Å². The van der Waals surface area contributed by atoms with Gasteiger partial charge in [-0.05, 0) is 12.8 Å². The fourth-order valence-corrected chi connectivity index (χ4v) is 2.84. The third-order valence-electron chi connectivity index (χ3n) is 3.83. The van der Waals surface area contributed by atoms with Crippen LogP contribution >= 0.6 is 11.6 Å². The van der Waals surface area contributed by atoms with Gasteiger partial charge >= 0.3 is 0 Å². The fraction of sp³-hybridized carbons (Fsp3) is 0.500. The molecule has 0 radical (unpaired) electrons. The van der Waals surface area contributed by atoms with E-state index in [0.29, 0.717) is 48.3 Å². The predicted octanol–water partition coefficient (Wildman–Crippen LogP) is 2.32. The van der Waals surface area contributed by atoms with E-state index in [1.807, 2.05) is 0 Å². The van der Waals surface area contributed by atoms with Gasteiger partial charge in [-0.2, -0.15) is 0 Å². The molecule has 20 heavy (non-hydrogen) atoms. The summed E-state index contributed by atoms with van der Waals surface area (Å²) in [7, 11) is 0. The number of hydrogen-bond donors (Lipinski definition) is 2. The van der Waals surface area contributed by atoms with Crippen LogP contribution in [0.5, 0.6) is 11.5 Å². The van der Waals surface area contributed by atoms with Gasteiger partial charge in [-0.25, -0.2) is 0 Å². The van der Waals surface area contributed by atoms with Gasteiger partial charge in [0, 0.05) is 12.1 Å². The van der Waals surface area contributed by atoms with Crippen LogP contribution in [0.4, 0.5) is 5.69 Å². The smallest absolute Gasteiger partial charge is 0.244 e. The van der Waals surface area contributed by atoms with Gasteiger partial charge in [-0.1, -0.05) is 24.4 Å². The molecule has 2 aliphatic rings. The number of amides is 1. The van der Waals surface area contributed by atoms with Crippen molar-refractivity contribution in [1.82, 2.24) is 0 Å². The molecular formula is C14H17ClN2O3. The summed E-state index contributed by atoms with van der Waals surface area (Å²) in [5.41, 5.74) is 5.86. The highest BCUT2D eigenvalue weighted by Crippen LogP contribution is 2.38. The summed E-state index contributed by atoms with van der Waals surface area (Å²) in [6.07, 6.45) is 3.39. The van der Waals surface area contributed by atoms with Gasteiger partial charge in [0.1, 0.15) is 13.2 Å². The van der Waals surface area contributed by atoms with E-state index in [0.717, 1.165) is 12.8 Å². The van der Waals surface area contributed by atoms with Crippen LogP contribution in [0.15, 0.2) is 12.1 Å². The van der Waals surface area contributed by atoms with Crippen molar-refractivity contribution in [3.8, 4) is 11.5 Å². The standard InChI is InChI=1S/C14H17ClN2O3/c15-9-7-11-12(20-6-5-19-11)8-10(9)17-13(18)14(16)3-1-2-4-14/h7-8H,1-6,16H2,(H,17,18). The summed E-state index contributed by atoms with van der Waals surface area (Å²) < 4.78 is 10.9. The highest BCUT2D eigenvalue weighted by Gasteiger charge is 2.37. The average molecular weight is 297 g/mol. The van der Waals surface area contributed by atoms with Gasteiger partial charge in [0.25, 0.3) is 0 Å². The summed E-state index contributed by atoms with van der Waals surface area (Å²) in [6.45, 7) is 0.990. The molecule has 1 fully saturated rings. The van der Waals surface area contributed by atoms with E-state index in [1.165, 1.54) is 0 Å². The van der Waals surface area contributed by atoms with Crippen molar-refractivity contribution in [3.05, 3.63) is 17.2 Å². The Morgan fingerprint density at radius 2 is 1.80 bits per heavy atom. The van der Waals surface area contributed by atoms with Crippen molar-refractivity contribution in [2.24, 2.45) is 5.73 Å². The SMILES string of the molecule is NC1(C(=O)Nc2cc3c(cc2Cl)OCCO3)CCCC1. The first-order chi connectivity index (χ1) is 9.58. The first kappa shape index (κ1) is 13.5. The maximum Gasteiger partial charge on any atom is 0.244 e. The lowest BCUT2D eigenvalue weighted by Crippen LogP contribution is -2.48. The molecule has 1 aliphatic heterocycles. The number of fused-ring (bicyclic) bond motifs is 1. The molecule has 1 aliphatic carbocycles. The average Bonchev–Trinajstić information content (AvgIpc) is 2.88. The van der Waals surface area contributed by atoms with E-state index in [9.17, 15) is 4.79 Å². The lowest BCUT2D eigenvalue weighted by Gasteiger charge is -2.24. The Kier molecular flexibility index (Phi) is 3.48. The Bertz CT molecular complexity index is 541. The first-order valence-corrected chi connectivity index (χ1v) is 7.16. The van der Waals surface area contributed by atoms with E-state index < -0.39 is 5.54 Å². The molecule has 1 heterocycles. The topological polar surface area (TPSA) is 73.6 Å². The van der Waals surface area contributed by atoms with Crippen LogP contribution in [0, 0.1) is 0 Å². The second kappa shape index (κ2) is 5.14. The molecule has 0 unspecified atom stereocenters. The van der Waals surface area contributed by atoms with Crippen molar-refractivity contribution in [3.63, 3.8) is 0 Å². The summed E-state index contributed by atoms with van der Waals surface area (Å²) in [6, 6.07) is 3.34. The van der Waals surface area contributed by atoms with Crippen molar-refractivity contribution >= 4 is 23.2 Å². The molecule has 1 aromatic rings. The fourth-order valence-electron chi connectivity index (χ4n) is 2.64. The largest absolute Gasteiger partial charge is 0.486 e. The minimum absolute atomic E-state index is 0.187. The van der Waals surface area contributed by atoms with Crippen LogP contribution in [0.2, 0.25) is 5.02 Å². The van der Waals surface area contributed by atoms with E-state index >= 15 is 0 Å². The summed E-state index contributed by atoms with van der Waals surface area (Å²) in [5.74, 6) is 1.00. The lowest BCUT2D eigenvalue weighted by atomic mass is 9.98. The van der Waals surface area contributed by atoms with Crippen LogP contribution in [0.1, 0.15) is 25.7 Å². The summed E-state index contributed by atoms with van der Waals surface area (Å²) in [5, 5.41) is 3.23. The highest BCUT2D eigenvalue weighted by molar-refractivity contribution is 6.34. The maximum atomic E-state index is 12.3. The van der Waals surface area contributed by atoms with Gasteiger partial charge < -0.3 is 20.5 Å². The van der Waals surface area contributed by atoms with Crippen molar-refractivity contribution in [1.29, 1.82) is 0 Å². The van der Waals surface area contributed by atoms with Crippen molar-refractivity contribution in [2.45, 2.75) is 31.2 Å².